The van der Waals surface area contributed by atoms with Gasteiger partial charge in [-0.2, -0.15) is 0 Å². The van der Waals surface area contributed by atoms with E-state index in [1.165, 1.54) is 0 Å². The lowest BCUT2D eigenvalue weighted by molar-refractivity contribution is 0.104. The number of carbonyl (C=O) groups is 1. The van der Waals surface area contributed by atoms with Crippen molar-refractivity contribution >= 4 is 54.7 Å². The average Bonchev–Trinajstić information content (AvgIpc) is 2.84. The monoisotopic (exact) mass is 350 g/mol. The molecule has 0 radical (unpaired) electrons. The fourth-order valence-electron chi connectivity index (χ4n) is 1.99. The molecule has 0 saturated carbocycles. The maximum atomic E-state index is 12.6. The second-order valence-electron chi connectivity index (χ2n) is 4.07. The van der Waals surface area contributed by atoms with Crippen LogP contribution in [-0.2, 0) is 0 Å². The van der Waals surface area contributed by atoms with Gasteiger partial charge in [0.15, 0.2) is 5.78 Å². The molecule has 94 valence electrons. The second-order valence-corrected chi connectivity index (χ2v) is 6.22. The normalized spacial score (nSPS) is 10.8. The van der Waals surface area contributed by atoms with Gasteiger partial charge in [0.1, 0.15) is 0 Å². The van der Waals surface area contributed by atoms with E-state index in [0.717, 1.165) is 14.6 Å². The number of thiophene rings is 1. The number of fused-ring (bicyclic) bond motifs is 1. The highest BCUT2D eigenvalue weighted by molar-refractivity contribution is 9.10. The molecule has 0 spiro atoms. The van der Waals surface area contributed by atoms with E-state index in [4.69, 9.17) is 11.6 Å². The summed E-state index contributed by atoms with van der Waals surface area (Å²) < 4.78 is 2.09. The molecule has 1 nitrogen and oxygen atoms in total. The van der Waals surface area contributed by atoms with Gasteiger partial charge in [-0.1, -0.05) is 35.9 Å². The Bertz CT molecular complexity index is 779. The molecule has 0 bridgehead atoms. The van der Waals surface area contributed by atoms with Gasteiger partial charge in [0, 0.05) is 31.1 Å². The van der Waals surface area contributed by atoms with E-state index in [-0.39, 0.29) is 5.78 Å². The molecule has 0 saturated heterocycles. The quantitative estimate of drug-likeness (QED) is 0.553. The lowest BCUT2D eigenvalue weighted by atomic mass is 10.0. The Morgan fingerprint density at radius 2 is 1.84 bits per heavy atom. The van der Waals surface area contributed by atoms with Gasteiger partial charge in [-0.15, -0.1) is 11.3 Å². The van der Waals surface area contributed by atoms with Crippen LogP contribution in [0.3, 0.4) is 0 Å². The second kappa shape index (κ2) is 5.08. The first-order valence-corrected chi connectivity index (χ1v) is 7.68. The van der Waals surface area contributed by atoms with Crippen molar-refractivity contribution in [1.82, 2.24) is 0 Å². The summed E-state index contributed by atoms with van der Waals surface area (Å²) in [5, 5.41) is 3.34. The Morgan fingerprint density at radius 3 is 2.63 bits per heavy atom. The van der Waals surface area contributed by atoms with E-state index in [2.05, 4.69) is 15.9 Å². The number of hydrogen-bond acceptors (Lipinski definition) is 2. The fraction of sp³-hybridized carbons (Fsp3) is 0. The van der Waals surface area contributed by atoms with Gasteiger partial charge in [-0.25, -0.2) is 0 Å². The topological polar surface area (TPSA) is 17.1 Å². The van der Waals surface area contributed by atoms with Crippen molar-refractivity contribution in [3.8, 4) is 0 Å². The largest absolute Gasteiger partial charge is 0.289 e. The van der Waals surface area contributed by atoms with Gasteiger partial charge in [0.2, 0.25) is 0 Å². The maximum Gasteiger partial charge on any atom is 0.195 e. The van der Waals surface area contributed by atoms with Gasteiger partial charge in [0.05, 0.1) is 5.02 Å². The van der Waals surface area contributed by atoms with E-state index >= 15 is 0 Å². The number of halogens is 2. The highest BCUT2D eigenvalue weighted by atomic mass is 79.9. The summed E-state index contributed by atoms with van der Waals surface area (Å²) in [6.07, 6.45) is 0. The van der Waals surface area contributed by atoms with Crippen LogP contribution in [0.2, 0.25) is 5.02 Å². The molecule has 0 aliphatic carbocycles. The van der Waals surface area contributed by atoms with E-state index in [9.17, 15) is 4.79 Å². The SMILES string of the molecule is O=C(c1ccccc1Cl)c1csc2c(Br)cccc12. The molecule has 3 rings (SSSR count). The summed E-state index contributed by atoms with van der Waals surface area (Å²) in [6, 6.07) is 13.0. The standard InChI is InChI=1S/C15H8BrClOS/c16-12-6-3-5-9-11(8-19-15(9)12)14(18)10-4-1-2-7-13(10)17/h1-8H. The Labute approximate surface area is 128 Å². The van der Waals surface area contributed by atoms with Gasteiger partial charge in [-0.05, 0) is 34.1 Å². The average molecular weight is 352 g/mol. The smallest absolute Gasteiger partial charge is 0.195 e. The summed E-state index contributed by atoms with van der Waals surface area (Å²) in [5.74, 6) is -0.0325. The van der Waals surface area contributed by atoms with E-state index in [0.29, 0.717) is 16.1 Å². The number of ketones is 1. The molecule has 1 aromatic heterocycles. The van der Waals surface area contributed by atoms with Gasteiger partial charge < -0.3 is 0 Å². The zero-order valence-electron chi connectivity index (χ0n) is 9.69. The maximum absolute atomic E-state index is 12.6. The summed E-state index contributed by atoms with van der Waals surface area (Å²) in [7, 11) is 0. The number of hydrogen-bond donors (Lipinski definition) is 0. The number of carbonyl (C=O) groups excluding carboxylic acids is 1. The van der Waals surface area contributed by atoms with Gasteiger partial charge in [0.25, 0.3) is 0 Å². The van der Waals surface area contributed by atoms with Crippen LogP contribution in [-0.4, -0.2) is 5.78 Å². The van der Waals surface area contributed by atoms with Crippen LogP contribution in [0.5, 0.6) is 0 Å². The molecule has 0 aliphatic rings. The van der Waals surface area contributed by atoms with E-state index in [1.54, 1.807) is 23.5 Å². The molecular weight excluding hydrogens is 344 g/mol. The van der Waals surface area contributed by atoms with Crippen LogP contribution in [0, 0.1) is 0 Å². The van der Waals surface area contributed by atoms with Crippen LogP contribution in [0.15, 0.2) is 52.3 Å². The Morgan fingerprint density at radius 1 is 1.05 bits per heavy atom. The van der Waals surface area contributed by atoms with Gasteiger partial charge >= 0.3 is 0 Å². The molecular formula is C15H8BrClOS. The molecule has 0 N–H and O–H groups in total. The number of rotatable bonds is 2. The zero-order chi connectivity index (χ0) is 13.4. The molecule has 3 aromatic rings. The highest BCUT2D eigenvalue weighted by Crippen LogP contribution is 2.34. The third-order valence-electron chi connectivity index (χ3n) is 2.91. The van der Waals surface area contributed by atoms with Gasteiger partial charge in [-0.3, -0.25) is 4.79 Å². The molecule has 0 atom stereocenters. The molecule has 4 heteroatoms. The number of benzene rings is 2. The minimum absolute atomic E-state index is 0.0325. The van der Waals surface area contributed by atoms with Crippen molar-refractivity contribution in [1.29, 1.82) is 0 Å². The van der Waals surface area contributed by atoms with Crippen molar-refractivity contribution in [3.05, 3.63) is 68.5 Å². The Balaban J connectivity index is 2.18. The predicted octanol–water partition coefficient (Wildman–Crippen LogP) is 5.55. The van der Waals surface area contributed by atoms with Crippen molar-refractivity contribution in [2.45, 2.75) is 0 Å². The molecule has 0 aliphatic heterocycles. The van der Waals surface area contributed by atoms with Crippen LogP contribution in [0.4, 0.5) is 0 Å². The minimum atomic E-state index is -0.0325. The minimum Gasteiger partial charge on any atom is -0.289 e. The predicted molar refractivity (Wildman–Crippen MR) is 84.4 cm³/mol. The van der Waals surface area contributed by atoms with E-state index in [1.807, 2.05) is 35.7 Å². The lowest BCUT2D eigenvalue weighted by Gasteiger charge is -2.02. The summed E-state index contributed by atoms with van der Waals surface area (Å²) >= 11 is 11.2. The molecule has 0 amide bonds. The third kappa shape index (κ3) is 2.22. The van der Waals surface area contributed by atoms with Crippen molar-refractivity contribution in [2.24, 2.45) is 0 Å². The molecule has 0 unspecified atom stereocenters. The lowest BCUT2D eigenvalue weighted by Crippen LogP contribution is -2.00. The fourth-order valence-corrected chi connectivity index (χ4v) is 3.81. The summed E-state index contributed by atoms with van der Waals surface area (Å²) in [4.78, 5) is 12.6. The third-order valence-corrected chi connectivity index (χ3v) is 5.20. The Hall–Kier alpha value is -1.16. The summed E-state index contributed by atoms with van der Waals surface area (Å²) in [5.41, 5.74) is 1.25. The first-order valence-electron chi connectivity index (χ1n) is 5.63. The highest BCUT2D eigenvalue weighted by Gasteiger charge is 2.17. The van der Waals surface area contributed by atoms with Crippen LogP contribution in [0.1, 0.15) is 15.9 Å². The van der Waals surface area contributed by atoms with Crippen LogP contribution < -0.4 is 0 Å². The van der Waals surface area contributed by atoms with Crippen LogP contribution >= 0.6 is 38.9 Å². The molecule has 1 heterocycles. The van der Waals surface area contributed by atoms with Crippen molar-refractivity contribution < 1.29 is 4.79 Å². The Kier molecular flexibility index (Phi) is 3.44. The van der Waals surface area contributed by atoms with E-state index < -0.39 is 0 Å². The van der Waals surface area contributed by atoms with Crippen molar-refractivity contribution in [2.75, 3.05) is 0 Å². The first kappa shape index (κ1) is 12.9. The first-order chi connectivity index (χ1) is 9.18. The zero-order valence-corrected chi connectivity index (χ0v) is 12.8. The molecule has 0 fully saturated rings. The molecule has 19 heavy (non-hydrogen) atoms. The summed E-state index contributed by atoms with van der Waals surface area (Å²) in [6.45, 7) is 0. The molecule has 2 aromatic carbocycles. The van der Waals surface area contributed by atoms with Crippen LogP contribution in [0.25, 0.3) is 10.1 Å². The van der Waals surface area contributed by atoms with Crippen molar-refractivity contribution in [3.63, 3.8) is 0 Å².